The van der Waals surface area contributed by atoms with E-state index in [9.17, 15) is 9.90 Å². The van der Waals surface area contributed by atoms with Gasteiger partial charge in [-0.1, -0.05) is 25.3 Å². The molecule has 2 saturated carbocycles. The second-order valence-corrected chi connectivity index (χ2v) is 7.29. The maximum absolute atomic E-state index is 12.0. The molecular weight excluding hydrogens is 284 g/mol. The summed E-state index contributed by atoms with van der Waals surface area (Å²) < 4.78 is 0. The van der Waals surface area contributed by atoms with E-state index in [0.29, 0.717) is 12.6 Å². The van der Waals surface area contributed by atoms with Crippen molar-refractivity contribution in [2.45, 2.75) is 56.6 Å². The Bertz CT molecular complexity index is 467. The molecule has 1 heterocycles. The molecule has 1 atom stereocenters. The largest absolute Gasteiger partial charge is 0.382 e. The molecule has 21 heavy (non-hydrogen) atoms. The third kappa shape index (κ3) is 3.58. The summed E-state index contributed by atoms with van der Waals surface area (Å²) in [7, 11) is 0. The predicted molar refractivity (Wildman–Crippen MR) is 84.3 cm³/mol. The second-order valence-electron chi connectivity index (χ2n) is 6.34. The number of thiophene rings is 1. The van der Waals surface area contributed by atoms with Gasteiger partial charge in [0.1, 0.15) is 5.60 Å². The first kappa shape index (κ1) is 14.9. The van der Waals surface area contributed by atoms with Crippen LogP contribution in [0.1, 0.15) is 49.8 Å². The molecule has 5 heteroatoms. The molecule has 116 valence electrons. The van der Waals surface area contributed by atoms with Crippen LogP contribution in [-0.2, 0) is 5.60 Å². The van der Waals surface area contributed by atoms with Gasteiger partial charge in [-0.2, -0.15) is 0 Å². The molecule has 0 saturated heterocycles. The molecule has 0 aromatic carbocycles. The van der Waals surface area contributed by atoms with Crippen molar-refractivity contribution >= 4 is 17.4 Å². The van der Waals surface area contributed by atoms with Crippen molar-refractivity contribution < 1.29 is 9.90 Å². The third-order valence-electron chi connectivity index (χ3n) is 4.66. The van der Waals surface area contributed by atoms with E-state index >= 15 is 0 Å². The SMILES string of the molecule is O=C(NCC(O)(c1cccs1)C1CC1)NC1CCCCC1. The quantitative estimate of drug-likeness (QED) is 0.783. The first-order chi connectivity index (χ1) is 10.2. The van der Waals surface area contributed by atoms with Gasteiger partial charge in [0.15, 0.2) is 0 Å². The van der Waals surface area contributed by atoms with Crippen molar-refractivity contribution in [2.24, 2.45) is 5.92 Å². The molecule has 3 N–H and O–H groups in total. The number of amides is 2. The minimum atomic E-state index is -0.891. The molecule has 0 spiro atoms. The molecule has 1 aromatic heterocycles. The Balaban J connectivity index is 1.53. The Morgan fingerprint density at radius 2 is 2.05 bits per heavy atom. The zero-order valence-corrected chi connectivity index (χ0v) is 13.1. The summed E-state index contributed by atoms with van der Waals surface area (Å²) in [4.78, 5) is 13.0. The van der Waals surface area contributed by atoms with Crippen molar-refractivity contribution in [3.63, 3.8) is 0 Å². The first-order valence-corrected chi connectivity index (χ1v) is 8.87. The molecule has 3 rings (SSSR count). The van der Waals surface area contributed by atoms with Gasteiger partial charge in [-0.05, 0) is 43.0 Å². The number of hydrogen-bond acceptors (Lipinski definition) is 3. The number of carbonyl (C=O) groups is 1. The summed E-state index contributed by atoms with van der Waals surface area (Å²) in [5.74, 6) is 0.283. The Morgan fingerprint density at radius 3 is 2.67 bits per heavy atom. The lowest BCUT2D eigenvalue weighted by molar-refractivity contribution is 0.0194. The molecule has 1 unspecified atom stereocenters. The fraction of sp³-hybridized carbons (Fsp3) is 0.688. The van der Waals surface area contributed by atoms with Crippen LogP contribution in [0, 0.1) is 5.92 Å². The summed E-state index contributed by atoms with van der Waals surface area (Å²) in [6.07, 6.45) is 7.91. The number of carbonyl (C=O) groups excluding carboxylic acids is 1. The van der Waals surface area contributed by atoms with Crippen molar-refractivity contribution in [3.8, 4) is 0 Å². The molecule has 2 aliphatic carbocycles. The van der Waals surface area contributed by atoms with E-state index in [2.05, 4.69) is 10.6 Å². The molecule has 0 radical (unpaired) electrons. The Hall–Kier alpha value is -1.07. The van der Waals surface area contributed by atoms with Gasteiger partial charge in [-0.25, -0.2) is 4.79 Å². The second kappa shape index (κ2) is 6.36. The lowest BCUT2D eigenvalue weighted by Gasteiger charge is -2.28. The van der Waals surface area contributed by atoms with Crippen LogP contribution >= 0.6 is 11.3 Å². The van der Waals surface area contributed by atoms with E-state index in [1.807, 2.05) is 17.5 Å². The smallest absolute Gasteiger partial charge is 0.315 e. The van der Waals surface area contributed by atoms with E-state index in [-0.39, 0.29) is 11.9 Å². The van der Waals surface area contributed by atoms with E-state index in [0.717, 1.165) is 30.6 Å². The number of nitrogens with one attached hydrogen (secondary N) is 2. The van der Waals surface area contributed by atoms with Gasteiger partial charge in [-0.15, -0.1) is 11.3 Å². The van der Waals surface area contributed by atoms with Crippen LogP contribution < -0.4 is 10.6 Å². The maximum atomic E-state index is 12.0. The van der Waals surface area contributed by atoms with Crippen LogP contribution in [0.4, 0.5) is 4.79 Å². The van der Waals surface area contributed by atoms with Crippen molar-refractivity contribution in [1.82, 2.24) is 10.6 Å². The topological polar surface area (TPSA) is 61.4 Å². The van der Waals surface area contributed by atoms with Crippen LogP contribution in [0.15, 0.2) is 17.5 Å². The molecular formula is C16H24N2O2S. The van der Waals surface area contributed by atoms with Gasteiger partial charge >= 0.3 is 6.03 Å². The van der Waals surface area contributed by atoms with Gasteiger partial charge in [0.05, 0.1) is 6.54 Å². The lowest BCUT2D eigenvalue weighted by atomic mass is 9.95. The van der Waals surface area contributed by atoms with Gasteiger partial charge in [0.25, 0.3) is 0 Å². The minimum Gasteiger partial charge on any atom is -0.382 e. The maximum Gasteiger partial charge on any atom is 0.315 e. The molecule has 2 fully saturated rings. The van der Waals surface area contributed by atoms with Crippen LogP contribution in [-0.4, -0.2) is 23.7 Å². The monoisotopic (exact) mass is 308 g/mol. The standard InChI is InChI=1S/C16H24N2O2S/c19-15(18-13-5-2-1-3-6-13)17-11-16(20,12-8-9-12)14-7-4-10-21-14/h4,7,10,12-13,20H,1-3,5-6,8-9,11H2,(H2,17,18,19). The van der Waals surface area contributed by atoms with Gasteiger partial charge in [0, 0.05) is 10.9 Å². The predicted octanol–water partition coefficient (Wildman–Crippen LogP) is 2.98. The van der Waals surface area contributed by atoms with Gasteiger partial charge < -0.3 is 15.7 Å². The zero-order chi connectivity index (χ0) is 14.7. The summed E-state index contributed by atoms with van der Waals surface area (Å²) in [5.41, 5.74) is -0.891. The highest BCUT2D eigenvalue weighted by molar-refractivity contribution is 7.10. The highest BCUT2D eigenvalue weighted by Gasteiger charge is 2.46. The van der Waals surface area contributed by atoms with Crippen LogP contribution in [0.5, 0.6) is 0 Å². The molecule has 4 nitrogen and oxygen atoms in total. The van der Waals surface area contributed by atoms with Gasteiger partial charge in [-0.3, -0.25) is 0 Å². The fourth-order valence-electron chi connectivity index (χ4n) is 3.22. The lowest BCUT2D eigenvalue weighted by Crippen LogP contribution is -2.48. The van der Waals surface area contributed by atoms with Crippen molar-refractivity contribution in [1.29, 1.82) is 0 Å². The zero-order valence-electron chi connectivity index (χ0n) is 12.3. The molecule has 2 amide bonds. The van der Waals surface area contributed by atoms with E-state index in [4.69, 9.17) is 0 Å². The Morgan fingerprint density at radius 1 is 1.29 bits per heavy atom. The number of rotatable bonds is 5. The molecule has 1 aromatic rings. The number of hydrogen-bond donors (Lipinski definition) is 3. The highest BCUT2D eigenvalue weighted by Crippen LogP contribution is 2.46. The summed E-state index contributed by atoms with van der Waals surface area (Å²) in [5, 5.41) is 18.8. The van der Waals surface area contributed by atoms with Crippen LogP contribution in [0.3, 0.4) is 0 Å². The Labute approximate surface area is 129 Å². The summed E-state index contributed by atoms with van der Waals surface area (Å²) in [6.45, 7) is 0.302. The molecule has 2 aliphatic rings. The van der Waals surface area contributed by atoms with E-state index in [1.54, 1.807) is 11.3 Å². The number of urea groups is 1. The first-order valence-electron chi connectivity index (χ1n) is 7.99. The summed E-state index contributed by atoms with van der Waals surface area (Å²) >= 11 is 1.56. The highest BCUT2D eigenvalue weighted by atomic mass is 32.1. The molecule has 0 aliphatic heterocycles. The minimum absolute atomic E-state index is 0.141. The van der Waals surface area contributed by atoms with Crippen molar-refractivity contribution in [2.75, 3.05) is 6.54 Å². The third-order valence-corrected chi connectivity index (χ3v) is 5.70. The van der Waals surface area contributed by atoms with E-state index < -0.39 is 5.60 Å². The van der Waals surface area contributed by atoms with Crippen molar-refractivity contribution in [3.05, 3.63) is 22.4 Å². The van der Waals surface area contributed by atoms with Gasteiger partial charge in [0.2, 0.25) is 0 Å². The van der Waals surface area contributed by atoms with Crippen LogP contribution in [0.25, 0.3) is 0 Å². The normalized spacial score (nSPS) is 22.5. The van der Waals surface area contributed by atoms with E-state index in [1.165, 1.54) is 19.3 Å². The summed E-state index contributed by atoms with van der Waals surface area (Å²) in [6, 6.07) is 4.08. The average Bonchev–Trinajstić information content (AvgIpc) is 3.21. The molecule has 0 bridgehead atoms. The number of aliphatic hydroxyl groups is 1. The fourth-order valence-corrected chi connectivity index (χ4v) is 4.12. The average molecular weight is 308 g/mol. The van der Waals surface area contributed by atoms with Crippen LogP contribution in [0.2, 0.25) is 0 Å². The Kier molecular flexibility index (Phi) is 4.50.